The Balaban J connectivity index is 2.38. The van der Waals surface area contributed by atoms with Crippen molar-refractivity contribution in [3.63, 3.8) is 0 Å². The van der Waals surface area contributed by atoms with E-state index in [0.717, 1.165) is 0 Å². The first kappa shape index (κ1) is 15.5. The zero-order chi connectivity index (χ0) is 14.5. The van der Waals surface area contributed by atoms with E-state index in [4.69, 9.17) is 0 Å². The maximum absolute atomic E-state index is 12.7. The zero-order valence-corrected chi connectivity index (χ0v) is 11.9. The summed E-state index contributed by atoms with van der Waals surface area (Å²) in [6.45, 7) is 6.01. The summed E-state index contributed by atoms with van der Waals surface area (Å²) in [6, 6.07) is 5.07. The standard InChI is InChI=1S/C13H17FN2O2S/c1-13(2,3)19-8-11(17)15-16-12(18)9-4-6-10(14)7-5-9/h4-7H,8H2,1-3H3,(H,15,17)(H,16,18). The molecule has 4 nitrogen and oxygen atoms in total. The van der Waals surface area contributed by atoms with Crippen LogP contribution in [-0.2, 0) is 4.79 Å². The summed E-state index contributed by atoms with van der Waals surface area (Å²) >= 11 is 1.48. The topological polar surface area (TPSA) is 58.2 Å². The number of nitrogens with one attached hydrogen (secondary N) is 2. The molecule has 0 bridgehead atoms. The Bertz CT molecular complexity index is 455. The van der Waals surface area contributed by atoms with Gasteiger partial charge < -0.3 is 0 Å². The minimum Gasteiger partial charge on any atom is -0.272 e. The smallest absolute Gasteiger partial charge is 0.269 e. The molecule has 6 heteroatoms. The van der Waals surface area contributed by atoms with E-state index in [1.165, 1.54) is 36.0 Å². The summed E-state index contributed by atoms with van der Waals surface area (Å²) in [5.41, 5.74) is 4.88. The van der Waals surface area contributed by atoms with Gasteiger partial charge in [-0.25, -0.2) is 4.39 Å². The van der Waals surface area contributed by atoms with Gasteiger partial charge in [0.2, 0.25) is 5.91 Å². The average Bonchev–Trinajstić information content (AvgIpc) is 2.33. The van der Waals surface area contributed by atoms with Gasteiger partial charge in [0.15, 0.2) is 0 Å². The van der Waals surface area contributed by atoms with Crippen LogP contribution in [0, 0.1) is 5.82 Å². The first-order chi connectivity index (χ1) is 8.78. The number of thioether (sulfide) groups is 1. The van der Waals surface area contributed by atoms with E-state index in [-0.39, 0.29) is 22.0 Å². The maximum Gasteiger partial charge on any atom is 0.269 e. The van der Waals surface area contributed by atoms with Gasteiger partial charge in [0.05, 0.1) is 5.75 Å². The highest BCUT2D eigenvalue weighted by Crippen LogP contribution is 2.22. The molecule has 19 heavy (non-hydrogen) atoms. The number of carbonyl (C=O) groups is 2. The Labute approximate surface area is 116 Å². The molecule has 1 aromatic carbocycles. The zero-order valence-electron chi connectivity index (χ0n) is 11.1. The fourth-order valence-corrected chi connectivity index (χ4v) is 1.75. The van der Waals surface area contributed by atoms with Gasteiger partial charge in [-0.05, 0) is 24.3 Å². The second-order valence-corrected chi connectivity index (χ2v) is 6.71. The van der Waals surface area contributed by atoms with Crippen molar-refractivity contribution in [2.45, 2.75) is 25.5 Å². The van der Waals surface area contributed by atoms with Gasteiger partial charge in [-0.1, -0.05) is 20.8 Å². The first-order valence-corrected chi connectivity index (χ1v) is 6.75. The van der Waals surface area contributed by atoms with Crippen molar-refractivity contribution < 1.29 is 14.0 Å². The number of hydrogen-bond acceptors (Lipinski definition) is 3. The van der Waals surface area contributed by atoms with Crippen LogP contribution in [0.2, 0.25) is 0 Å². The van der Waals surface area contributed by atoms with E-state index in [1.807, 2.05) is 20.8 Å². The number of amides is 2. The van der Waals surface area contributed by atoms with E-state index in [2.05, 4.69) is 10.9 Å². The number of hydrazine groups is 1. The van der Waals surface area contributed by atoms with Gasteiger partial charge in [-0.15, -0.1) is 11.8 Å². The lowest BCUT2D eigenvalue weighted by molar-refractivity contribution is -0.119. The minimum atomic E-state index is -0.478. The fraction of sp³-hybridized carbons (Fsp3) is 0.385. The molecule has 0 spiro atoms. The molecule has 1 aromatic rings. The summed E-state index contributed by atoms with van der Waals surface area (Å²) in [7, 11) is 0. The predicted molar refractivity (Wildman–Crippen MR) is 74.2 cm³/mol. The fourth-order valence-electron chi connectivity index (χ4n) is 1.12. The Morgan fingerprint density at radius 3 is 2.26 bits per heavy atom. The Morgan fingerprint density at radius 1 is 1.16 bits per heavy atom. The summed E-state index contributed by atoms with van der Waals surface area (Å²) in [4.78, 5) is 23.1. The molecule has 0 aliphatic heterocycles. The highest BCUT2D eigenvalue weighted by atomic mass is 32.2. The molecule has 0 radical (unpaired) electrons. The molecule has 1 rings (SSSR count). The average molecular weight is 284 g/mol. The number of halogens is 1. The molecule has 2 N–H and O–H groups in total. The highest BCUT2D eigenvalue weighted by Gasteiger charge is 2.14. The minimum absolute atomic E-state index is 0.0156. The van der Waals surface area contributed by atoms with Crippen LogP contribution < -0.4 is 10.9 Å². The normalized spacial score (nSPS) is 10.9. The molecule has 0 unspecified atom stereocenters. The third kappa shape index (κ3) is 6.24. The van der Waals surface area contributed by atoms with Crippen molar-refractivity contribution in [2.75, 3.05) is 5.75 Å². The Hall–Kier alpha value is -1.56. The van der Waals surface area contributed by atoms with Gasteiger partial charge >= 0.3 is 0 Å². The lowest BCUT2D eigenvalue weighted by atomic mass is 10.2. The van der Waals surface area contributed by atoms with Crippen molar-refractivity contribution in [3.8, 4) is 0 Å². The largest absolute Gasteiger partial charge is 0.272 e. The molecule has 0 aliphatic rings. The number of rotatable bonds is 3. The molecule has 2 amide bonds. The van der Waals surface area contributed by atoms with Gasteiger partial charge in [0.25, 0.3) is 5.91 Å². The predicted octanol–water partition coefficient (Wildman–Crippen LogP) is 2.12. The quantitative estimate of drug-likeness (QED) is 0.836. The molecule has 0 heterocycles. The van der Waals surface area contributed by atoms with Gasteiger partial charge in [-0.2, -0.15) is 0 Å². The van der Waals surface area contributed by atoms with E-state index in [1.54, 1.807) is 0 Å². The first-order valence-electron chi connectivity index (χ1n) is 5.76. The van der Waals surface area contributed by atoms with E-state index in [9.17, 15) is 14.0 Å². The molecule has 0 saturated carbocycles. The monoisotopic (exact) mass is 284 g/mol. The van der Waals surface area contributed by atoms with Crippen molar-refractivity contribution in [1.82, 2.24) is 10.9 Å². The molecule has 0 aliphatic carbocycles. The molecule has 0 fully saturated rings. The lowest BCUT2D eigenvalue weighted by Gasteiger charge is -2.17. The van der Waals surface area contributed by atoms with E-state index >= 15 is 0 Å². The van der Waals surface area contributed by atoms with Crippen LogP contribution in [0.15, 0.2) is 24.3 Å². The van der Waals surface area contributed by atoms with Crippen LogP contribution in [0.4, 0.5) is 4.39 Å². The summed E-state index contributed by atoms with van der Waals surface area (Å²) in [5, 5.41) is 0. The van der Waals surface area contributed by atoms with Gasteiger partial charge in [-0.3, -0.25) is 20.4 Å². The van der Waals surface area contributed by atoms with Crippen LogP contribution >= 0.6 is 11.8 Å². The molecular weight excluding hydrogens is 267 g/mol. The summed E-state index contributed by atoms with van der Waals surface area (Å²) in [6.07, 6.45) is 0. The van der Waals surface area contributed by atoms with Crippen LogP contribution in [0.5, 0.6) is 0 Å². The number of carbonyl (C=O) groups excluding carboxylic acids is 2. The van der Waals surface area contributed by atoms with Gasteiger partial charge in [0, 0.05) is 10.3 Å². The second-order valence-electron chi connectivity index (χ2n) is 4.91. The van der Waals surface area contributed by atoms with Crippen LogP contribution in [0.25, 0.3) is 0 Å². The number of benzene rings is 1. The maximum atomic E-state index is 12.7. The Morgan fingerprint density at radius 2 is 1.74 bits per heavy atom. The van der Waals surface area contributed by atoms with Crippen molar-refractivity contribution >= 4 is 23.6 Å². The van der Waals surface area contributed by atoms with Gasteiger partial charge in [0.1, 0.15) is 5.82 Å². The van der Waals surface area contributed by atoms with Crippen LogP contribution in [-0.4, -0.2) is 22.3 Å². The molecule has 0 saturated heterocycles. The third-order valence-corrected chi connectivity index (χ3v) is 3.33. The van der Waals surface area contributed by atoms with E-state index in [0.29, 0.717) is 0 Å². The van der Waals surface area contributed by atoms with Crippen molar-refractivity contribution in [2.24, 2.45) is 0 Å². The van der Waals surface area contributed by atoms with Crippen LogP contribution in [0.1, 0.15) is 31.1 Å². The van der Waals surface area contributed by atoms with Crippen molar-refractivity contribution in [1.29, 1.82) is 0 Å². The Kier molecular flexibility index (Phi) is 5.35. The summed E-state index contributed by atoms with van der Waals surface area (Å²) in [5.74, 6) is -0.917. The molecule has 0 atom stereocenters. The molecular formula is C13H17FN2O2S. The second kappa shape index (κ2) is 6.56. The van der Waals surface area contributed by atoms with Crippen molar-refractivity contribution in [3.05, 3.63) is 35.6 Å². The lowest BCUT2D eigenvalue weighted by Crippen LogP contribution is -2.42. The van der Waals surface area contributed by atoms with Crippen LogP contribution in [0.3, 0.4) is 0 Å². The molecule has 0 aromatic heterocycles. The third-order valence-electron chi connectivity index (χ3n) is 2.06. The SMILES string of the molecule is CC(C)(C)SCC(=O)NNC(=O)c1ccc(F)cc1. The summed E-state index contributed by atoms with van der Waals surface area (Å²) < 4.78 is 12.7. The highest BCUT2D eigenvalue weighted by molar-refractivity contribution is 8.01. The van der Waals surface area contributed by atoms with E-state index < -0.39 is 11.7 Å². The number of hydrogen-bond donors (Lipinski definition) is 2. The molecule has 104 valence electrons.